The molecular weight excluding hydrogens is 317 g/mol. The van der Waals surface area contributed by atoms with Crippen molar-refractivity contribution in [2.24, 2.45) is 17.6 Å². The van der Waals surface area contributed by atoms with Crippen LogP contribution in [0.5, 0.6) is 0 Å². The Bertz CT molecular complexity index is 529. The summed E-state index contributed by atoms with van der Waals surface area (Å²) < 4.78 is 39.3. The molecule has 1 aliphatic carbocycles. The molecule has 1 aromatic carbocycles. The fourth-order valence-electron chi connectivity index (χ4n) is 2.98. The van der Waals surface area contributed by atoms with Crippen molar-refractivity contribution in [1.29, 1.82) is 0 Å². The number of benzene rings is 1. The largest absolute Gasteiger partial charge is 0.392 e. The Balaban J connectivity index is 2.11. The van der Waals surface area contributed by atoms with Gasteiger partial charge in [-0.25, -0.2) is 0 Å². The van der Waals surface area contributed by atoms with Crippen molar-refractivity contribution in [2.75, 3.05) is 6.54 Å². The zero-order valence-electron chi connectivity index (χ0n) is 13.9. The molecule has 134 valence electrons. The van der Waals surface area contributed by atoms with Gasteiger partial charge in [0, 0.05) is 19.0 Å². The molecule has 1 fully saturated rings. The fourth-order valence-corrected chi connectivity index (χ4v) is 2.98. The second kappa shape index (κ2) is 8.01. The summed E-state index contributed by atoms with van der Waals surface area (Å²) in [6.07, 6.45) is -3.07. The number of nitrogens with two attached hydrogens (primary N) is 1. The monoisotopic (exact) mass is 342 g/mol. The van der Waals surface area contributed by atoms with Gasteiger partial charge >= 0.3 is 6.18 Å². The quantitative estimate of drug-likeness (QED) is 0.782. The van der Waals surface area contributed by atoms with Crippen LogP contribution in [0.1, 0.15) is 38.2 Å². The third-order valence-electron chi connectivity index (χ3n) is 4.71. The van der Waals surface area contributed by atoms with Gasteiger partial charge in [-0.3, -0.25) is 4.79 Å². The molecule has 0 heterocycles. The smallest absolute Gasteiger partial charge is 0.335 e. The molecule has 1 saturated carbocycles. The molecular formula is C18H25F3N2O. The summed E-state index contributed by atoms with van der Waals surface area (Å²) in [4.78, 5) is 14.3. The van der Waals surface area contributed by atoms with Gasteiger partial charge in [-0.2, -0.15) is 13.2 Å². The molecule has 0 saturated heterocycles. The van der Waals surface area contributed by atoms with Crippen LogP contribution in [0, 0.1) is 11.8 Å². The van der Waals surface area contributed by atoms with Crippen LogP contribution in [0.25, 0.3) is 0 Å². The lowest BCUT2D eigenvalue weighted by molar-refractivity contribution is -0.182. The van der Waals surface area contributed by atoms with E-state index in [1.165, 1.54) is 0 Å². The van der Waals surface area contributed by atoms with E-state index in [9.17, 15) is 18.0 Å². The van der Waals surface area contributed by atoms with Gasteiger partial charge in [0.2, 0.25) is 5.91 Å². The highest BCUT2D eigenvalue weighted by Gasteiger charge is 2.42. The van der Waals surface area contributed by atoms with E-state index >= 15 is 0 Å². The lowest BCUT2D eigenvalue weighted by Gasteiger charge is -2.31. The van der Waals surface area contributed by atoms with E-state index in [0.717, 1.165) is 18.4 Å². The van der Waals surface area contributed by atoms with Crippen LogP contribution in [0.15, 0.2) is 30.3 Å². The van der Waals surface area contributed by atoms with E-state index < -0.39 is 24.4 Å². The number of carbonyl (C=O) groups is 1. The van der Waals surface area contributed by atoms with Gasteiger partial charge < -0.3 is 10.6 Å². The highest BCUT2D eigenvalue weighted by atomic mass is 19.4. The van der Waals surface area contributed by atoms with Gasteiger partial charge in [0.05, 0.1) is 5.92 Å². The number of alkyl halides is 3. The maximum Gasteiger partial charge on any atom is 0.392 e. The Labute approximate surface area is 141 Å². The summed E-state index contributed by atoms with van der Waals surface area (Å²) in [6.45, 7) is 2.21. The van der Waals surface area contributed by atoms with Crippen molar-refractivity contribution < 1.29 is 18.0 Å². The number of hydrogen-bond donors (Lipinski definition) is 1. The minimum absolute atomic E-state index is 0.0375. The predicted molar refractivity (Wildman–Crippen MR) is 87.0 cm³/mol. The molecule has 0 aromatic heterocycles. The molecule has 2 N–H and O–H groups in total. The number of halogens is 3. The number of nitrogens with zero attached hydrogens (tertiary/aromatic N) is 1. The molecule has 0 bridgehead atoms. The summed E-state index contributed by atoms with van der Waals surface area (Å²) in [5.41, 5.74) is 6.23. The molecule has 2 atom stereocenters. The van der Waals surface area contributed by atoms with E-state index in [2.05, 4.69) is 0 Å². The second-order valence-electron chi connectivity index (χ2n) is 6.61. The van der Waals surface area contributed by atoms with Crippen molar-refractivity contribution in [3.8, 4) is 0 Å². The van der Waals surface area contributed by atoms with Crippen LogP contribution in [-0.4, -0.2) is 29.6 Å². The summed E-state index contributed by atoms with van der Waals surface area (Å²) in [6, 6.07) is 9.35. The Kier molecular flexibility index (Phi) is 6.27. The number of carbonyl (C=O) groups excluding carboxylic acids is 1. The molecule has 0 aliphatic heterocycles. The number of rotatable bonds is 8. The first-order valence-corrected chi connectivity index (χ1v) is 8.43. The number of amides is 1. The van der Waals surface area contributed by atoms with Crippen LogP contribution in [0.3, 0.4) is 0 Å². The first-order valence-electron chi connectivity index (χ1n) is 8.43. The molecule has 3 nitrogen and oxygen atoms in total. The highest BCUT2D eigenvalue weighted by Crippen LogP contribution is 2.37. The Morgan fingerprint density at radius 3 is 2.42 bits per heavy atom. The van der Waals surface area contributed by atoms with Crippen molar-refractivity contribution in [1.82, 2.24) is 4.90 Å². The average Bonchev–Trinajstić information content (AvgIpc) is 3.36. The molecule has 1 aromatic rings. The molecule has 24 heavy (non-hydrogen) atoms. The minimum atomic E-state index is -4.39. The van der Waals surface area contributed by atoms with E-state index in [1.807, 2.05) is 37.3 Å². The van der Waals surface area contributed by atoms with Crippen LogP contribution in [0.2, 0.25) is 0 Å². The van der Waals surface area contributed by atoms with Crippen LogP contribution < -0.4 is 5.73 Å². The van der Waals surface area contributed by atoms with E-state index in [4.69, 9.17) is 5.73 Å². The van der Waals surface area contributed by atoms with Gasteiger partial charge in [-0.05, 0) is 44.2 Å². The average molecular weight is 342 g/mol. The lowest BCUT2D eigenvalue weighted by Crippen LogP contribution is -2.42. The van der Waals surface area contributed by atoms with Crippen LogP contribution >= 0.6 is 0 Å². The highest BCUT2D eigenvalue weighted by molar-refractivity contribution is 5.77. The zero-order chi connectivity index (χ0) is 17.7. The van der Waals surface area contributed by atoms with Gasteiger partial charge in [0.1, 0.15) is 0 Å². The summed E-state index contributed by atoms with van der Waals surface area (Å²) in [5, 5.41) is 0. The van der Waals surface area contributed by atoms with Crippen molar-refractivity contribution in [3.63, 3.8) is 0 Å². The van der Waals surface area contributed by atoms with Gasteiger partial charge in [0.15, 0.2) is 0 Å². The predicted octanol–water partition coefficient (Wildman–Crippen LogP) is 3.73. The Morgan fingerprint density at radius 1 is 1.29 bits per heavy atom. The molecule has 0 radical (unpaired) electrons. The van der Waals surface area contributed by atoms with Gasteiger partial charge in [-0.1, -0.05) is 30.3 Å². The van der Waals surface area contributed by atoms with Gasteiger partial charge in [-0.15, -0.1) is 0 Å². The van der Waals surface area contributed by atoms with Crippen LogP contribution in [0.4, 0.5) is 13.2 Å². The molecule has 1 aliphatic rings. The Morgan fingerprint density at radius 2 is 1.92 bits per heavy atom. The SMILES string of the molecule is CC(C1CC1)N(Cc1ccccc1)C(=O)CC(CCN)C(F)(F)F. The summed E-state index contributed by atoms with van der Waals surface area (Å²) in [5.74, 6) is -1.70. The maximum atomic E-state index is 13.1. The standard InChI is InChI=1S/C18H25F3N2O/c1-13(15-7-8-15)23(12-14-5-3-2-4-6-14)17(24)11-16(9-10-22)18(19,20)21/h2-6,13,15-16H,7-12,22H2,1H3. The van der Waals surface area contributed by atoms with Crippen LogP contribution in [-0.2, 0) is 11.3 Å². The van der Waals surface area contributed by atoms with Crippen molar-refractivity contribution >= 4 is 5.91 Å². The molecule has 2 rings (SSSR count). The maximum absolute atomic E-state index is 13.1. The summed E-state index contributed by atoms with van der Waals surface area (Å²) in [7, 11) is 0. The van der Waals surface area contributed by atoms with Gasteiger partial charge in [0.25, 0.3) is 0 Å². The zero-order valence-corrected chi connectivity index (χ0v) is 13.9. The fraction of sp³-hybridized carbons (Fsp3) is 0.611. The molecule has 6 heteroatoms. The minimum Gasteiger partial charge on any atom is -0.335 e. The van der Waals surface area contributed by atoms with E-state index in [-0.39, 0.29) is 19.0 Å². The van der Waals surface area contributed by atoms with E-state index in [1.54, 1.807) is 4.90 Å². The molecule has 1 amide bonds. The molecule has 0 spiro atoms. The van der Waals surface area contributed by atoms with Crippen molar-refractivity contribution in [3.05, 3.63) is 35.9 Å². The third-order valence-corrected chi connectivity index (χ3v) is 4.71. The summed E-state index contributed by atoms with van der Waals surface area (Å²) >= 11 is 0. The first-order chi connectivity index (χ1) is 11.3. The topological polar surface area (TPSA) is 46.3 Å². The molecule has 2 unspecified atom stereocenters. The normalized spacial score (nSPS) is 17.4. The van der Waals surface area contributed by atoms with Crippen molar-refractivity contribution in [2.45, 2.75) is 51.4 Å². The van der Waals surface area contributed by atoms with E-state index in [0.29, 0.717) is 12.5 Å². The Hall–Kier alpha value is -1.56. The third kappa shape index (κ3) is 5.23. The first kappa shape index (κ1) is 18.8. The lowest BCUT2D eigenvalue weighted by atomic mass is 9.98. The second-order valence-corrected chi connectivity index (χ2v) is 6.61. The number of hydrogen-bond acceptors (Lipinski definition) is 2.